The first-order valence-corrected chi connectivity index (χ1v) is 7.46. The van der Waals surface area contributed by atoms with Crippen molar-refractivity contribution in [3.8, 4) is 0 Å². The summed E-state index contributed by atoms with van der Waals surface area (Å²) in [7, 11) is 0. The van der Waals surface area contributed by atoms with Gasteiger partial charge in [0.2, 0.25) is 0 Å². The highest BCUT2D eigenvalue weighted by Crippen LogP contribution is 2.30. The molecule has 1 heterocycles. The van der Waals surface area contributed by atoms with Crippen LogP contribution < -0.4 is 5.32 Å². The zero-order chi connectivity index (χ0) is 11.9. The Morgan fingerprint density at radius 1 is 0.882 bits per heavy atom. The molecule has 0 N–H and O–H groups in total. The van der Waals surface area contributed by atoms with Crippen molar-refractivity contribution >= 4 is 0 Å². The maximum absolute atomic E-state index is 4.59. The monoisotopic (exact) mass is 232 g/mol. The molecule has 95 valence electrons. The zero-order valence-electron chi connectivity index (χ0n) is 11.3. The van der Waals surface area contributed by atoms with Crippen LogP contribution in [0.3, 0.4) is 0 Å². The Labute approximate surface area is 106 Å². The first-order chi connectivity index (χ1) is 8.38. The Morgan fingerprint density at radius 3 is 1.88 bits per heavy atom. The van der Waals surface area contributed by atoms with Gasteiger partial charge in [-0.3, -0.25) is 5.32 Å². The van der Waals surface area contributed by atoms with E-state index in [1.807, 2.05) is 6.20 Å². The quantitative estimate of drug-likeness (QED) is 0.609. The Kier molecular flexibility index (Phi) is 5.15. The molecule has 0 aromatic carbocycles. The molecule has 1 saturated carbocycles. The molecule has 0 bridgehead atoms. The lowest BCUT2D eigenvalue weighted by atomic mass is 9.91. The maximum atomic E-state index is 4.59. The van der Waals surface area contributed by atoms with Gasteiger partial charge in [0, 0.05) is 17.8 Å². The van der Waals surface area contributed by atoms with Crippen LogP contribution in [0.15, 0.2) is 23.5 Å². The Hall–Kier alpha value is -0.720. The lowest BCUT2D eigenvalue weighted by Crippen LogP contribution is -2.10. The first kappa shape index (κ1) is 12.7. The zero-order valence-corrected chi connectivity index (χ0v) is 11.3. The molecular formula is C16H26N. The third-order valence-electron chi connectivity index (χ3n) is 4.18. The van der Waals surface area contributed by atoms with E-state index < -0.39 is 0 Å². The van der Waals surface area contributed by atoms with Crippen LogP contribution in [0.4, 0.5) is 0 Å². The van der Waals surface area contributed by atoms with E-state index in [1.54, 1.807) is 0 Å². The fraction of sp³-hybridized carbons (Fsp3) is 0.750. The molecule has 0 aromatic rings. The summed E-state index contributed by atoms with van der Waals surface area (Å²) in [6, 6.07) is 0. The molecule has 1 nitrogen and oxygen atoms in total. The molecule has 1 aliphatic carbocycles. The predicted octanol–water partition coefficient (Wildman–Crippen LogP) is 4.92. The topological polar surface area (TPSA) is 14.1 Å². The van der Waals surface area contributed by atoms with E-state index in [9.17, 15) is 0 Å². The van der Waals surface area contributed by atoms with Crippen LogP contribution >= 0.6 is 0 Å². The van der Waals surface area contributed by atoms with E-state index in [-0.39, 0.29) is 0 Å². The van der Waals surface area contributed by atoms with Crippen molar-refractivity contribution in [3.05, 3.63) is 23.5 Å². The maximum Gasteiger partial charge on any atom is 0.0464 e. The van der Waals surface area contributed by atoms with Gasteiger partial charge in [-0.1, -0.05) is 51.4 Å². The molecule has 1 fully saturated rings. The molecule has 0 aromatic heterocycles. The second-order valence-corrected chi connectivity index (χ2v) is 5.62. The molecule has 0 amide bonds. The fourth-order valence-corrected chi connectivity index (χ4v) is 3.10. The summed E-state index contributed by atoms with van der Waals surface area (Å²) in [4.78, 5) is 0. The van der Waals surface area contributed by atoms with Crippen molar-refractivity contribution in [2.75, 3.05) is 0 Å². The van der Waals surface area contributed by atoms with Gasteiger partial charge in [0.25, 0.3) is 0 Å². The Balaban J connectivity index is 1.91. The molecule has 0 saturated heterocycles. The summed E-state index contributed by atoms with van der Waals surface area (Å²) in [6.45, 7) is 2.22. The van der Waals surface area contributed by atoms with Crippen LogP contribution in [0.1, 0.15) is 71.1 Å². The second-order valence-electron chi connectivity index (χ2n) is 5.62. The standard InChI is InChI=1S/C16H26N/c1-14-12-13-17-16(14)15-10-8-6-4-2-3-5-7-9-11-15/h12-13,15H,2-11H2,1H3. The third-order valence-corrected chi connectivity index (χ3v) is 4.18. The summed E-state index contributed by atoms with van der Waals surface area (Å²) < 4.78 is 0. The largest absolute Gasteiger partial charge is 0.261 e. The predicted molar refractivity (Wildman–Crippen MR) is 73.6 cm³/mol. The number of nitrogens with zero attached hydrogens (tertiary/aromatic N) is 1. The molecule has 0 unspecified atom stereocenters. The molecular weight excluding hydrogens is 206 g/mol. The summed E-state index contributed by atoms with van der Waals surface area (Å²) in [5.74, 6) is 0.739. The van der Waals surface area contributed by atoms with E-state index in [4.69, 9.17) is 0 Å². The Bertz CT molecular complexity index is 276. The van der Waals surface area contributed by atoms with Crippen molar-refractivity contribution in [1.82, 2.24) is 5.32 Å². The normalized spacial score (nSPS) is 24.5. The van der Waals surface area contributed by atoms with Crippen LogP contribution in [0.25, 0.3) is 0 Å². The van der Waals surface area contributed by atoms with Gasteiger partial charge in [-0.15, -0.1) is 0 Å². The molecule has 17 heavy (non-hydrogen) atoms. The molecule has 1 aliphatic heterocycles. The van der Waals surface area contributed by atoms with Crippen molar-refractivity contribution in [1.29, 1.82) is 0 Å². The van der Waals surface area contributed by atoms with Crippen molar-refractivity contribution in [3.63, 3.8) is 0 Å². The SMILES string of the molecule is CC1=C(C2CCCCCCCCCC2)[N]C=C1. The van der Waals surface area contributed by atoms with Crippen LogP contribution in [0.5, 0.6) is 0 Å². The van der Waals surface area contributed by atoms with Crippen LogP contribution in [0.2, 0.25) is 0 Å². The minimum atomic E-state index is 0.739. The first-order valence-electron chi connectivity index (χ1n) is 7.46. The summed E-state index contributed by atoms with van der Waals surface area (Å²) in [6.07, 6.45) is 18.3. The summed E-state index contributed by atoms with van der Waals surface area (Å²) >= 11 is 0. The molecule has 0 atom stereocenters. The van der Waals surface area contributed by atoms with Gasteiger partial charge in [-0.25, -0.2) is 0 Å². The number of hydrogen-bond donors (Lipinski definition) is 0. The average Bonchev–Trinajstić information content (AvgIpc) is 2.72. The average molecular weight is 232 g/mol. The van der Waals surface area contributed by atoms with Gasteiger partial charge in [0.05, 0.1) is 0 Å². The number of rotatable bonds is 1. The van der Waals surface area contributed by atoms with Crippen molar-refractivity contribution < 1.29 is 0 Å². The summed E-state index contributed by atoms with van der Waals surface area (Å²) in [5.41, 5.74) is 2.80. The molecule has 0 spiro atoms. The lowest BCUT2D eigenvalue weighted by molar-refractivity contribution is 0.452. The van der Waals surface area contributed by atoms with Gasteiger partial charge in [0.15, 0.2) is 0 Å². The van der Waals surface area contributed by atoms with E-state index in [0.29, 0.717) is 0 Å². The minimum absolute atomic E-state index is 0.739. The van der Waals surface area contributed by atoms with E-state index in [2.05, 4.69) is 18.3 Å². The minimum Gasteiger partial charge on any atom is -0.261 e. The molecule has 1 heteroatoms. The van der Waals surface area contributed by atoms with Crippen LogP contribution in [0, 0.1) is 5.92 Å². The van der Waals surface area contributed by atoms with Gasteiger partial charge >= 0.3 is 0 Å². The highest BCUT2D eigenvalue weighted by atomic mass is 14.9. The van der Waals surface area contributed by atoms with E-state index >= 15 is 0 Å². The van der Waals surface area contributed by atoms with Gasteiger partial charge in [-0.05, 0) is 31.4 Å². The Morgan fingerprint density at radius 2 is 1.41 bits per heavy atom. The van der Waals surface area contributed by atoms with Crippen molar-refractivity contribution in [2.45, 2.75) is 71.1 Å². The van der Waals surface area contributed by atoms with Crippen LogP contribution in [-0.4, -0.2) is 0 Å². The molecule has 2 aliphatic rings. The number of hydrogen-bond acceptors (Lipinski definition) is 0. The highest BCUT2D eigenvalue weighted by Gasteiger charge is 2.19. The van der Waals surface area contributed by atoms with Gasteiger partial charge in [-0.2, -0.15) is 0 Å². The molecule has 1 radical (unpaired) electrons. The van der Waals surface area contributed by atoms with E-state index in [0.717, 1.165) is 5.92 Å². The fourth-order valence-electron chi connectivity index (χ4n) is 3.10. The third kappa shape index (κ3) is 3.90. The van der Waals surface area contributed by atoms with Crippen molar-refractivity contribution in [2.24, 2.45) is 5.92 Å². The second kappa shape index (κ2) is 6.88. The van der Waals surface area contributed by atoms with E-state index in [1.165, 1.54) is 75.5 Å². The van der Waals surface area contributed by atoms with Gasteiger partial charge < -0.3 is 0 Å². The van der Waals surface area contributed by atoms with Crippen LogP contribution in [-0.2, 0) is 0 Å². The highest BCUT2D eigenvalue weighted by molar-refractivity contribution is 5.30. The molecule has 2 rings (SSSR count). The van der Waals surface area contributed by atoms with Gasteiger partial charge in [0.1, 0.15) is 0 Å². The number of allylic oxidation sites excluding steroid dienone is 3. The lowest BCUT2D eigenvalue weighted by Gasteiger charge is -2.18. The smallest absolute Gasteiger partial charge is 0.0464 e. The summed E-state index contributed by atoms with van der Waals surface area (Å²) in [5, 5.41) is 4.59.